The summed E-state index contributed by atoms with van der Waals surface area (Å²) in [6, 6.07) is 0. The van der Waals surface area contributed by atoms with Crippen molar-refractivity contribution in [1.82, 2.24) is 5.06 Å². The molecule has 4 nitrogen and oxygen atoms in total. The van der Waals surface area contributed by atoms with Gasteiger partial charge in [0, 0.05) is 17.5 Å². The van der Waals surface area contributed by atoms with E-state index in [2.05, 4.69) is 13.8 Å². The molecule has 0 aliphatic carbocycles. The van der Waals surface area contributed by atoms with Crippen molar-refractivity contribution >= 4 is 19.7 Å². The van der Waals surface area contributed by atoms with E-state index in [0.717, 1.165) is 36.5 Å². The minimum atomic E-state index is -3.03. The van der Waals surface area contributed by atoms with E-state index < -0.39 is 14.4 Å². The Hall–Kier alpha value is -0.0400. The van der Waals surface area contributed by atoms with Gasteiger partial charge in [0.1, 0.15) is 0 Å². The molecule has 1 aliphatic heterocycles. The van der Waals surface area contributed by atoms with Crippen LogP contribution in [0.1, 0.15) is 104 Å². The molecule has 0 aromatic carbocycles. The molecule has 1 radical (unpaired) electrons. The number of unbranched alkanes of at least 4 members (excludes halogenated alkanes) is 9. The molecule has 0 bridgehead atoms. The van der Waals surface area contributed by atoms with Gasteiger partial charge in [0.15, 0.2) is 8.87 Å². The zero-order valence-electron chi connectivity index (χ0n) is 18.5. The largest absolute Gasteiger partial charge is 0.218 e. The van der Waals surface area contributed by atoms with Crippen molar-refractivity contribution in [3.05, 3.63) is 12.2 Å². The predicted molar refractivity (Wildman–Crippen MR) is 121 cm³/mol. The maximum Gasteiger partial charge on any atom is 0.198 e. The lowest BCUT2D eigenvalue weighted by molar-refractivity contribution is -0.243. The molecule has 0 aromatic rings. The second kappa shape index (κ2) is 12.6. The Morgan fingerprint density at radius 1 is 0.929 bits per heavy atom. The second-order valence-corrected chi connectivity index (χ2v) is 13.5. The standard InChI is InChI=1S/C22H42NO3S2/c1-5-6-7-8-9-10-11-12-13-14-16-21(2)18-19-22(3,23(21)24)17-15-20-27-28(4,25)26/h15,17H,5-14,16,18-20H2,1-4H3/b17-15+. The quantitative estimate of drug-likeness (QED) is 0.168. The van der Waals surface area contributed by atoms with Crippen LogP contribution < -0.4 is 0 Å². The molecule has 0 amide bonds. The van der Waals surface area contributed by atoms with Crippen molar-refractivity contribution in [3.8, 4) is 0 Å². The Labute approximate surface area is 177 Å². The zero-order valence-corrected chi connectivity index (χ0v) is 20.2. The van der Waals surface area contributed by atoms with Crippen LogP contribution >= 0.6 is 10.8 Å². The highest BCUT2D eigenvalue weighted by Crippen LogP contribution is 2.43. The fourth-order valence-corrected chi connectivity index (χ4v) is 5.58. The van der Waals surface area contributed by atoms with E-state index in [-0.39, 0.29) is 5.54 Å². The van der Waals surface area contributed by atoms with Crippen LogP contribution in [0.15, 0.2) is 12.2 Å². The molecule has 2 atom stereocenters. The molecule has 165 valence electrons. The lowest BCUT2D eigenvalue weighted by atomic mass is 9.92. The number of nitrogens with zero attached hydrogens (tertiary/aromatic N) is 1. The van der Waals surface area contributed by atoms with E-state index in [1.54, 1.807) is 0 Å². The van der Waals surface area contributed by atoms with Crippen LogP contribution in [0.3, 0.4) is 0 Å². The van der Waals surface area contributed by atoms with Gasteiger partial charge in [0.2, 0.25) is 0 Å². The first kappa shape index (κ1) is 26.0. The summed E-state index contributed by atoms with van der Waals surface area (Å²) in [7, 11) is -2.12. The predicted octanol–water partition coefficient (Wildman–Crippen LogP) is 6.51. The van der Waals surface area contributed by atoms with Crippen LogP contribution in [0.2, 0.25) is 0 Å². The van der Waals surface area contributed by atoms with Gasteiger partial charge in [0.05, 0.1) is 5.54 Å². The van der Waals surface area contributed by atoms with Crippen LogP contribution in [0.5, 0.6) is 0 Å². The molecule has 28 heavy (non-hydrogen) atoms. The monoisotopic (exact) mass is 432 g/mol. The molecule has 1 saturated heterocycles. The number of hydrogen-bond acceptors (Lipinski definition) is 4. The molecular weight excluding hydrogens is 390 g/mol. The minimum Gasteiger partial charge on any atom is -0.218 e. The van der Waals surface area contributed by atoms with E-state index in [4.69, 9.17) is 0 Å². The van der Waals surface area contributed by atoms with Crippen molar-refractivity contribution in [2.45, 2.75) is 115 Å². The lowest BCUT2D eigenvalue weighted by Gasteiger charge is -2.35. The highest BCUT2D eigenvalue weighted by molar-refractivity contribution is 8.71. The van der Waals surface area contributed by atoms with Crippen LogP contribution in [-0.2, 0) is 14.1 Å². The summed E-state index contributed by atoms with van der Waals surface area (Å²) in [6.07, 6.45) is 20.8. The fourth-order valence-electron chi connectivity index (χ4n) is 4.18. The molecule has 0 aromatic heterocycles. The summed E-state index contributed by atoms with van der Waals surface area (Å²) in [5.74, 6) is 0.400. The first-order chi connectivity index (χ1) is 13.1. The zero-order chi connectivity index (χ0) is 21.1. The summed E-state index contributed by atoms with van der Waals surface area (Å²) in [6.45, 7) is 6.33. The Balaban J connectivity index is 2.26. The van der Waals surface area contributed by atoms with Gasteiger partial charge < -0.3 is 0 Å². The maximum absolute atomic E-state index is 13.0. The summed E-state index contributed by atoms with van der Waals surface area (Å²) in [4.78, 5) is 0. The van der Waals surface area contributed by atoms with Crippen molar-refractivity contribution in [3.63, 3.8) is 0 Å². The maximum atomic E-state index is 13.0. The third-order valence-electron chi connectivity index (χ3n) is 6.05. The van der Waals surface area contributed by atoms with E-state index >= 15 is 0 Å². The van der Waals surface area contributed by atoms with Crippen molar-refractivity contribution in [2.75, 3.05) is 12.0 Å². The Morgan fingerprint density at radius 3 is 2.00 bits per heavy atom. The summed E-state index contributed by atoms with van der Waals surface area (Å²) >= 11 is 0. The average molecular weight is 433 g/mol. The van der Waals surface area contributed by atoms with Gasteiger partial charge in [-0.25, -0.2) is 8.42 Å². The van der Waals surface area contributed by atoms with Gasteiger partial charge in [-0.3, -0.25) is 0 Å². The van der Waals surface area contributed by atoms with Crippen LogP contribution in [0, 0.1) is 0 Å². The van der Waals surface area contributed by atoms with Crippen molar-refractivity contribution in [1.29, 1.82) is 0 Å². The fraction of sp³-hybridized carbons (Fsp3) is 0.909. The van der Waals surface area contributed by atoms with E-state index in [1.165, 1.54) is 69.1 Å². The summed E-state index contributed by atoms with van der Waals surface area (Å²) in [5, 5.41) is 14.3. The van der Waals surface area contributed by atoms with Gasteiger partial charge in [0.25, 0.3) is 0 Å². The van der Waals surface area contributed by atoms with Gasteiger partial charge in [-0.1, -0.05) is 83.3 Å². The van der Waals surface area contributed by atoms with E-state index in [0.29, 0.717) is 5.75 Å². The highest BCUT2D eigenvalue weighted by atomic mass is 33.1. The molecule has 0 N–H and O–H groups in total. The Morgan fingerprint density at radius 2 is 1.46 bits per heavy atom. The van der Waals surface area contributed by atoms with Crippen LogP contribution in [0.4, 0.5) is 0 Å². The first-order valence-electron chi connectivity index (χ1n) is 11.1. The molecule has 1 heterocycles. The summed E-state index contributed by atoms with van der Waals surface area (Å²) in [5.41, 5.74) is -0.797. The molecule has 2 unspecified atom stereocenters. The summed E-state index contributed by atoms with van der Waals surface area (Å²) < 4.78 is 22.4. The minimum absolute atomic E-state index is 0.288. The second-order valence-electron chi connectivity index (χ2n) is 8.97. The van der Waals surface area contributed by atoms with Crippen LogP contribution in [-0.4, -0.2) is 36.6 Å². The molecule has 1 rings (SSSR count). The molecule has 1 fully saturated rings. The average Bonchev–Trinajstić information content (AvgIpc) is 2.85. The topological polar surface area (TPSA) is 57.3 Å². The smallest absolute Gasteiger partial charge is 0.198 e. The van der Waals surface area contributed by atoms with Gasteiger partial charge in [-0.15, -0.1) is 10.3 Å². The van der Waals surface area contributed by atoms with Crippen molar-refractivity contribution < 1.29 is 13.6 Å². The number of hydroxylamine groups is 2. The third kappa shape index (κ3) is 9.64. The lowest BCUT2D eigenvalue weighted by Crippen LogP contribution is -2.47. The van der Waals surface area contributed by atoms with Gasteiger partial charge in [-0.2, -0.15) is 0 Å². The number of rotatable bonds is 15. The van der Waals surface area contributed by atoms with Gasteiger partial charge >= 0.3 is 0 Å². The van der Waals surface area contributed by atoms with E-state index in [9.17, 15) is 13.6 Å². The van der Waals surface area contributed by atoms with Crippen molar-refractivity contribution in [2.24, 2.45) is 0 Å². The first-order valence-corrected chi connectivity index (χ1v) is 14.5. The highest BCUT2D eigenvalue weighted by Gasteiger charge is 2.49. The normalized spacial score (nSPS) is 26.5. The molecule has 1 aliphatic rings. The van der Waals surface area contributed by atoms with E-state index in [1.807, 2.05) is 19.1 Å². The molecule has 0 saturated carbocycles. The third-order valence-corrected chi connectivity index (χ3v) is 8.50. The SMILES string of the molecule is CCCCCCCCCCCCC1(C)CCC(C)(/C=C/CSS(C)(=O)=O)N1[O]. The molecular formula is C22H42NO3S2. The van der Waals surface area contributed by atoms with Crippen LogP contribution in [0.25, 0.3) is 0 Å². The Bertz CT molecular complexity index is 564. The molecule has 0 spiro atoms. The van der Waals surface area contributed by atoms with Gasteiger partial charge in [-0.05, 0) is 43.9 Å². The Kier molecular flexibility index (Phi) is 11.7. The number of hydrogen-bond donors (Lipinski definition) is 0. The molecule has 6 heteroatoms.